The minimum atomic E-state index is -0.263. The summed E-state index contributed by atoms with van der Waals surface area (Å²) < 4.78 is 5.75. The Hall–Kier alpha value is -2.28. The van der Waals surface area contributed by atoms with Crippen LogP contribution in [0.2, 0.25) is 0 Å². The predicted octanol–water partition coefficient (Wildman–Crippen LogP) is 1.60. The van der Waals surface area contributed by atoms with Crippen molar-refractivity contribution in [2.75, 3.05) is 19.7 Å². The summed E-state index contributed by atoms with van der Waals surface area (Å²) in [7, 11) is 0. The van der Waals surface area contributed by atoms with Crippen LogP contribution in [0.15, 0.2) is 18.3 Å². The highest BCUT2D eigenvalue weighted by atomic mass is 16.5. The minimum absolute atomic E-state index is 0.0817. The summed E-state index contributed by atoms with van der Waals surface area (Å²) in [5.41, 5.74) is 1.88. The first-order chi connectivity index (χ1) is 11.7. The maximum atomic E-state index is 12.5. The van der Waals surface area contributed by atoms with Crippen LogP contribution in [0.5, 0.6) is 0 Å². The average Bonchev–Trinajstić information content (AvgIpc) is 3.06. The largest absolute Gasteiger partial charge is 0.366 e. The smallest absolute Gasteiger partial charge is 0.227 e. The highest BCUT2D eigenvalue weighted by molar-refractivity contribution is 5.78. The van der Waals surface area contributed by atoms with Crippen LogP contribution in [0.1, 0.15) is 42.4 Å². The van der Waals surface area contributed by atoms with E-state index in [0.717, 1.165) is 29.9 Å². The third-order valence-corrected chi connectivity index (χ3v) is 4.07. The van der Waals surface area contributed by atoms with Crippen molar-refractivity contribution in [1.29, 1.82) is 0 Å². The van der Waals surface area contributed by atoms with Crippen molar-refractivity contribution in [2.45, 2.75) is 39.2 Å². The summed E-state index contributed by atoms with van der Waals surface area (Å²) in [5.74, 6) is 1.58. The predicted molar refractivity (Wildman–Crippen MR) is 88.3 cm³/mol. The van der Waals surface area contributed by atoms with Gasteiger partial charge in [0.05, 0.1) is 19.6 Å². The molecule has 2 aromatic heterocycles. The SMILES string of the molecule is CCCc1nc([C@@H]2CN(C(=O)Cc3ccc(C)nc3)CCO2)n[nH]1. The minimum Gasteiger partial charge on any atom is -0.366 e. The van der Waals surface area contributed by atoms with Gasteiger partial charge in [-0.2, -0.15) is 5.10 Å². The van der Waals surface area contributed by atoms with Gasteiger partial charge >= 0.3 is 0 Å². The summed E-state index contributed by atoms with van der Waals surface area (Å²) in [6.45, 7) is 5.62. The van der Waals surface area contributed by atoms with E-state index in [0.29, 0.717) is 31.9 Å². The van der Waals surface area contributed by atoms with E-state index in [1.54, 1.807) is 6.20 Å². The summed E-state index contributed by atoms with van der Waals surface area (Å²) >= 11 is 0. The lowest BCUT2D eigenvalue weighted by Gasteiger charge is -2.31. The molecule has 0 aliphatic carbocycles. The summed E-state index contributed by atoms with van der Waals surface area (Å²) in [6.07, 6.45) is 3.73. The normalized spacial score (nSPS) is 17.9. The Morgan fingerprint density at radius 3 is 3.08 bits per heavy atom. The van der Waals surface area contributed by atoms with Gasteiger partial charge in [-0.05, 0) is 25.0 Å². The van der Waals surface area contributed by atoms with Crippen molar-refractivity contribution in [2.24, 2.45) is 0 Å². The van der Waals surface area contributed by atoms with Gasteiger partial charge in [-0.1, -0.05) is 13.0 Å². The van der Waals surface area contributed by atoms with E-state index in [1.165, 1.54) is 0 Å². The van der Waals surface area contributed by atoms with Crippen LogP contribution in [0, 0.1) is 6.92 Å². The molecular formula is C17H23N5O2. The van der Waals surface area contributed by atoms with Gasteiger partial charge in [-0.3, -0.25) is 14.9 Å². The van der Waals surface area contributed by atoms with Gasteiger partial charge in [0.25, 0.3) is 0 Å². The first kappa shape index (κ1) is 16.6. The number of aryl methyl sites for hydroxylation is 2. The molecule has 1 atom stereocenters. The molecule has 24 heavy (non-hydrogen) atoms. The van der Waals surface area contributed by atoms with Crippen molar-refractivity contribution in [3.8, 4) is 0 Å². The number of morpholine rings is 1. The third-order valence-electron chi connectivity index (χ3n) is 4.07. The van der Waals surface area contributed by atoms with Crippen LogP contribution < -0.4 is 0 Å². The molecule has 7 heteroatoms. The maximum absolute atomic E-state index is 12.5. The van der Waals surface area contributed by atoms with E-state index in [4.69, 9.17) is 4.74 Å². The first-order valence-corrected chi connectivity index (χ1v) is 8.37. The number of pyridine rings is 1. The standard InChI is InChI=1S/C17H23N5O2/c1-3-4-15-19-17(21-20-15)14-11-22(7-8-24-14)16(23)9-13-6-5-12(2)18-10-13/h5-6,10,14H,3-4,7-9,11H2,1-2H3,(H,19,20,21)/t14-/m0/s1. The van der Waals surface area contributed by atoms with Crippen LogP contribution >= 0.6 is 0 Å². The second kappa shape index (κ2) is 7.53. The molecule has 0 saturated carbocycles. The van der Waals surface area contributed by atoms with E-state index < -0.39 is 0 Å². The molecule has 3 rings (SSSR count). The van der Waals surface area contributed by atoms with Crippen molar-refractivity contribution in [3.05, 3.63) is 41.2 Å². The van der Waals surface area contributed by atoms with Crippen molar-refractivity contribution >= 4 is 5.91 Å². The van der Waals surface area contributed by atoms with E-state index in [2.05, 4.69) is 27.1 Å². The lowest BCUT2D eigenvalue weighted by molar-refractivity contribution is -0.138. The van der Waals surface area contributed by atoms with E-state index >= 15 is 0 Å². The monoisotopic (exact) mass is 329 g/mol. The molecule has 1 amide bonds. The number of H-pyrrole nitrogens is 1. The van der Waals surface area contributed by atoms with Gasteiger partial charge in [-0.25, -0.2) is 4.98 Å². The lowest BCUT2D eigenvalue weighted by atomic mass is 10.1. The Morgan fingerprint density at radius 2 is 2.33 bits per heavy atom. The Labute approximate surface area is 141 Å². The zero-order chi connectivity index (χ0) is 16.9. The zero-order valence-electron chi connectivity index (χ0n) is 14.2. The number of nitrogens with one attached hydrogen (secondary N) is 1. The van der Waals surface area contributed by atoms with Crippen molar-refractivity contribution < 1.29 is 9.53 Å². The first-order valence-electron chi connectivity index (χ1n) is 8.37. The number of ether oxygens (including phenoxy) is 1. The highest BCUT2D eigenvalue weighted by Crippen LogP contribution is 2.20. The number of amides is 1. The highest BCUT2D eigenvalue weighted by Gasteiger charge is 2.28. The number of rotatable bonds is 5. The van der Waals surface area contributed by atoms with Gasteiger partial charge in [0.2, 0.25) is 5.91 Å². The Kier molecular flexibility index (Phi) is 5.20. The number of hydrogen-bond acceptors (Lipinski definition) is 5. The van der Waals surface area contributed by atoms with Gasteiger partial charge in [0, 0.05) is 24.9 Å². The van der Waals surface area contributed by atoms with Crippen LogP contribution in [0.4, 0.5) is 0 Å². The number of hydrogen-bond donors (Lipinski definition) is 1. The fourth-order valence-corrected chi connectivity index (χ4v) is 2.72. The maximum Gasteiger partial charge on any atom is 0.227 e. The molecule has 0 radical (unpaired) electrons. The van der Waals surface area contributed by atoms with Gasteiger partial charge < -0.3 is 9.64 Å². The summed E-state index contributed by atoms with van der Waals surface area (Å²) in [4.78, 5) is 23.1. The fourth-order valence-electron chi connectivity index (χ4n) is 2.72. The van der Waals surface area contributed by atoms with Crippen molar-refractivity contribution in [3.63, 3.8) is 0 Å². The Bertz CT molecular complexity index is 683. The summed E-state index contributed by atoms with van der Waals surface area (Å²) in [6, 6.07) is 3.87. The second-order valence-corrected chi connectivity index (χ2v) is 6.07. The molecule has 0 aromatic carbocycles. The second-order valence-electron chi connectivity index (χ2n) is 6.07. The van der Waals surface area contributed by atoms with Crippen LogP contribution in [0.3, 0.4) is 0 Å². The number of nitrogens with zero attached hydrogens (tertiary/aromatic N) is 4. The molecule has 0 unspecified atom stereocenters. The molecule has 3 heterocycles. The number of aromatic amines is 1. The zero-order valence-corrected chi connectivity index (χ0v) is 14.2. The van der Waals surface area contributed by atoms with E-state index in [9.17, 15) is 4.79 Å². The molecule has 0 bridgehead atoms. The third kappa shape index (κ3) is 3.97. The molecule has 1 aliphatic rings. The topological polar surface area (TPSA) is 84.0 Å². The molecular weight excluding hydrogens is 306 g/mol. The average molecular weight is 329 g/mol. The molecule has 1 aliphatic heterocycles. The number of carbonyl (C=O) groups is 1. The van der Waals surface area contributed by atoms with Gasteiger partial charge in [-0.15, -0.1) is 0 Å². The molecule has 128 valence electrons. The van der Waals surface area contributed by atoms with Crippen molar-refractivity contribution in [1.82, 2.24) is 25.1 Å². The molecule has 1 fully saturated rings. The van der Waals surface area contributed by atoms with E-state index in [-0.39, 0.29) is 12.0 Å². The molecule has 7 nitrogen and oxygen atoms in total. The molecule has 0 spiro atoms. The van der Waals surface area contributed by atoms with Gasteiger partial charge in [0.1, 0.15) is 11.9 Å². The quantitative estimate of drug-likeness (QED) is 0.901. The van der Waals surface area contributed by atoms with Crippen LogP contribution in [-0.2, 0) is 22.4 Å². The molecule has 2 aromatic rings. The molecule has 1 saturated heterocycles. The molecule has 1 N–H and O–H groups in total. The van der Waals surface area contributed by atoms with Crippen LogP contribution in [0.25, 0.3) is 0 Å². The number of carbonyl (C=O) groups excluding carboxylic acids is 1. The van der Waals surface area contributed by atoms with E-state index in [1.807, 2.05) is 24.0 Å². The number of aromatic nitrogens is 4. The van der Waals surface area contributed by atoms with Gasteiger partial charge in [0.15, 0.2) is 5.82 Å². The summed E-state index contributed by atoms with van der Waals surface area (Å²) in [5, 5.41) is 7.18. The van der Waals surface area contributed by atoms with Crippen LogP contribution in [-0.4, -0.2) is 50.7 Å². The lowest BCUT2D eigenvalue weighted by Crippen LogP contribution is -2.43. The Balaban J connectivity index is 1.61. The Morgan fingerprint density at radius 1 is 1.46 bits per heavy atom. The fraction of sp³-hybridized carbons (Fsp3) is 0.529.